The van der Waals surface area contributed by atoms with E-state index in [1.54, 1.807) is 36.4 Å². The summed E-state index contributed by atoms with van der Waals surface area (Å²) < 4.78 is 38.0. The van der Waals surface area contributed by atoms with Crippen LogP contribution in [0.15, 0.2) is 42.5 Å². The third-order valence-corrected chi connectivity index (χ3v) is 2.56. The number of fused-ring (bicyclic) bond motifs is 1. The number of carbonyl (C=O) groups excluding carboxylic acids is 1. The Morgan fingerprint density at radius 1 is 0.941 bits per heavy atom. The molecule has 0 spiro atoms. The van der Waals surface area contributed by atoms with Crippen molar-refractivity contribution in [3.8, 4) is 0 Å². The minimum Gasteiger partial charge on any atom is -0.290 e. The Hall–Kier alpha value is -1.84. The van der Waals surface area contributed by atoms with E-state index in [1.165, 1.54) is 6.07 Å². The maximum Gasteiger partial charge on any atom is 0.299 e. The Morgan fingerprint density at radius 2 is 1.59 bits per heavy atom. The summed E-state index contributed by atoms with van der Waals surface area (Å²) in [5.41, 5.74) is -0.00611. The minimum atomic E-state index is -3.29. The fourth-order valence-corrected chi connectivity index (χ4v) is 1.74. The lowest BCUT2D eigenvalue weighted by molar-refractivity contribution is -0.134. The van der Waals surface area contributed by atoms with Gasteiger partial charge in [-0.2, -0.15) is 0 Å². The number of halogens is 3. The summed E-state index contributed by atoms with van der Waals surface area (Å²) >= 11 is 0. The third-order valence-electron chi connectivity index (χ3n) is 2.56. The molecule has 0 saturated heterocycles. The van der Waals surface area contributed by atoms with E-state index in [-0.39, 0.29) is 5.56 Å². The number of ketones is 1. The molecule has 0 aromatic heterocycles. The second-order valence-electron chi connectivity index (χ2n) is 3.63. The van der Waals surface area contributed by atoms with Gasteiger partial charge in [-0.25, -0.2) is 13.2 Å². The molecule has 1 nitrogen and oxygen atoms in total. The summed E-state index contributed by atoms with van der Waals surface area (Å²) in [4.78, 5) is 11.0. The first-order chi connectivity index (χ1) is 8.11. The quantitative estimate of drug-likeness (QED) is 0.797. The minimum absolute atomic E-state index is 0.00611. The van der Waals surface area contributed by atoms with Gasteiger partial charge in [0.1, 0.15) is 0 Å². The van der Waals surface area contributed by atoms with Crippen molar-refractivity contribution in [2.45, 2.75) is 12.6 Å². The first-order valence-electron chi connectivity index (χ1n) is 5.05. The molecular weight excluding hydrogens is 229 g/mol. The van der Waals surface area contributed by atoms with Crippen LogP contribution < -0.4 is 0 Å². The maximum atomic E-state index is 13.7. The van der Waals surface area contributed by atoms with E-state index in [2.05, 4.69) is 0 Å². The molecule has 1 atom stereocenters. The molecule has 2 aromatic carbocycles. The van der Waals surface area contributed by atoms with Crippen molar-refractivity contribution >= 4 is 16.6 Å². The SMILES string of the molecule is O=C(C(F)F)C(F)c1cccc2ccccc12. The largest absolute Gasteiger partial charge is 0.299 e. The van der Waals surface area contributed by atoms with Gasteiger partial charge in [-0.3, -0.25) is 4.79 Å². The molecule has 0 bridgehead atoms. The predicted octanol–water partition coefficient (Wildman–Crippen LogP) is 3.68. The smallest absolute Gasteiger partial charge is 0.290 e. The summed E-state index contributed by atoms with van der Waals surface area (Å²) in [5, 5.41) is 1.20. The average Bonchev–Trinajstić information content (AvgIpc) is 2.36. The Kier molecular flexibility index (Phi) is 3.13. The molecule has 0 radical (unpaired) electrons. The zero-order valence-corrected chi connectivity index (χ0v) is 8.74. The number of carbonyl (C=O) groups is 1. The molecular formula is C13H9F3O. The first kappa shape index (κ1) is 11.6. The lowest BCUT2D eigenvalue weighted by atomic mass is 9.99. The summed E-state index contributed by atoms with van der Waals surface area (Å²) in [7, 11) is 0. The second-order valence-corrected chi connectivity index (χ2v) is 3.63. The van der Waals surface area contributed by atoms with Crippen LogP contribution in [0.3, 0.4) is 0 Å². The fraction of sp³-hybridized carbons (Fsp3) is 0.154. The second kappa shape index (κ2) is 4.57. The van der Waals surface area contributed by atoms with Crippen molar-refractivity contribution in [3.63, 3.8) is 0 Å². The number of hydrogen-bond donors (Lipinski definition) is 0. The summed E-state index contributed by atoms with van der Waals surface area (Å²) in [6, 6.07) is 11.4. The maximum absolute atomic E-state index is 13.7. The van der Waals surface area contributed by atoms with Crippen LogP contribution in [0, 0.1) is 0 Å². The van der Waals surface area contributed by atoms with Gasteiger partial charge in [-0.15, -0.1) is 0 Å². The van der Waals surface area contributed by atoms with Gasteiger partial charge in [0.05, 0.1) is 0 Å². The van der Waals surface area contributed by atoms with Crippen LogP contribution in [0.4, 0.5) is 13.2 Å². The fourth-order valence-electron chi connectivity index (χ4n) is 1.74. The van der Waals surface area contributed by atoms with Crippen molar-refractivity contribution in [3.05, 3.63) is 48.0 Å². The topological polar surface area (TPSA) is 17.1 Å². The lowest BCUT2D eigenvalue weighted by Gasteiger charge is -2.10. The van der Waals surface area contributed by atoms with Crippen LogP contribution in [-0.4, -0.2) is 12.2 Å². The van der Waals surface area contributed by atoms with Crippen LogP contribution in [0.1, 0.15) is 11.7 Å². The van der Waals surface area contributed by atoms with Crippen LogP contribution in [0.25, 0.3) is 10.8 Å². The van der Waals surface area contributed by atoms with E-state index < -0.39 is 18.4 Å². The summed E-state index contributed by atoms with van der Waals surface area (Å²) in [6.07, 6.45) is -5.56. The highest BCUT2D eigenvalue weighted by Gasteiger charge is 2.28. The molecule has 0 aliphatic heterocycles. The van der Waals surface area contributed by atoms with Gasteiger partial charge in [0, 0.05) is 5.56 Å². The van der Waals surface area contributed by atoms with Crippen molar-refractivity contribution in [1.82, 2.24) is 0 Å². The molecule has 0 saturated carbocycles. The molecule has 0 fully saturated rings. The average molecular weight is 238 g/mol. The molecule has 0 heterocycles. The van der Waals surface area contributed by atoms with E-state index in [9.17, 15) is 18.0 Å². The Bertz CT molecular complexity index is 546. The number of hydrogen-bond acceptors (Lipinski definition) is 1. The van der Waals surface area contributed by atoms with Crippen LogP contribution >= 0.6 is 0 Å². The molecule has 88 valence electrons. The summed E-state index contributed by atoms with van der Waals surface area (Å²) in [6.45, 7) is 0. The van der Waals surface area contributed by atoms with E-state index in [4.69, 9.17) is 0 Å². The van der Waals surface area contributed by atoms with Gasteiger partial charge in [0.2, 0.25) is 5.78 Å². The first-order valence-corrected chi connectivity index (χ1v) is 5.05. The number of rotatable bonds is 3. The van der Waals surface area contributed by atoms with Gasteiger partial charge in [-0.05, 0) is 10.8 Å². The molecule has 0 aliphatic rings. The molecule has 0 aliphatic carbocycles. The predicted molar refractivity (Wildman–Crippen MR) is 58.8 cm³/mol. The van der Waals surface area contributed by atoms with E-state index >= 15 is 0 Å². The number of Topliss-reactive ketones (excluding diaryl/α,β-unsaturated/α-hetero) is 1. The van der Waals surface area contributed by atoms with Crippen molar-refractivity contribution < 1.29 is 18.0 Å². The van der Waals surface area contributed by atoms with Gasteiger partial charge < -0.3 is 0 Å². The van der Waals surface area contributed by atoms with E-state index in [1.807, 2.05) is 0 Å². The standard InChI is InChI=1S/C13H9F3O/c14-11(12(17)13(15)16)10-7-3-5-8-4-1-2-6-9(8)10/h1-7,11,13H. The van der Waals surface area contributed by atoms with E-state index in [0.29, 0.717) is 5.39 Å². The van der Waals surface area contributed by atoms with Gasteiger partial charge in [0.25, 0.3) is 6.43 Å². The number of benzene rings is 2. The highest BCUT2D eigenvalue weighted by molar-refractivity contribution is 5.94. The highest BCUT2D eigenvalue weighted by Crippen LogP contribution is 2.28. The molecule has 1 unspecified atom stereocenters. The van der Waals surface area contributed by atoms with Crippen molar-refractivity contribution in [1.29, 1.82) is 0 Å². The Labute approximate surface area is 95.9 Å². The van der Waals surface area contributed by atoms with Crippen molar-refractivity contribution in [2.24, 2.45) is 0 Å². The normalized spacial score (nSPS) is 12.9. The van der Waals surface area contributed by atoms with E-state index in [0.717, 1.165) is 5.39 Å². The van der Waals surface area contributed by atoms with Gasteiger partial charge in [0.15, 0.2) is 6.17 Å². The van der Waals surface area contributed by atoms with Crippen LogP contribution in [0.2, 0.25) is 0 Å². The van der Waals surface area contributed by atoms with Crippen LogP contribution in [0.5, 0.6) is 0 Å². The lowest BCUT2D eigenvalue weighted by Crippen LogP contribution is -2.16. The number of alkyl halides is 3. The molecule has 2 aromatic rings. The molecule has 0 N–H and O–H groups in total. The van der Waals surface area contributed by atoms with Gasteiger partial charge >= 0.3 is 0 Å². The Morgan fingerprint density at radius 3 is 2.29 bits per heavy atom. The third kappa shape index (κ3) is 2.16. The van der Waals surface area contributed by atoms with Gasteiger partial charge in [-0.1, -0.05) is 42.5 Å². The summed E-state index contributed by atoms with van der Waals surface area (Å²) in [5.74, 6) is -1.69. The monoisotopic (exact) mass is 238 g/mol. The zero-order valence-electron chi connectivity index (χ0n) is 8.74. The molecule has 0 amide bonds. The molecule has 17 heavy (non-hydrogen) atoms. The Balaban J connectivity index is 2.52. The van der Waals surface area contributed by atoms with Crippen LogP contribution in [-0.2, 0) is 4.79 Å². The highest BCUT2D eigenvalue weighted by atomic mass is 19.3. The molecule has 2 rings (SSSR count). The van der Waals surface area contributed by atoms with Crippen molar-refractivity contribution in [2.75, 3.05) is 0 Å². The molecule has 4 heteroatoms. The zero-order chi connectivity index (χ0) is 12.4.